The van der Waals surface area contributed by atoms with Crippen LogP contribution in [0.25, 0.3) is 0 Å². The summed E-state index contributed by atoms with van der Waals surface area (Å²) in [4.78, 5) is 23.6. The number of sulfonamides is 1. The molecule has 1 aliphatic heterocycles. The molecule has 1 aromatic rings. The molecule has 0 unspecified atom stereocenters. The number of esters is 1. The van der Waals surface area contributed by atoms with Crippen molar-refractivity contribution in [2.75, 3.05) is 39.5 Å². The SMILES string of the molecule is N#CCCNC(=O)COC(=O)c1ccc(Br)c(S(=O)(=O)N2CCOCC2)c1. The smallest absolute Gasteiger partial charge is 0.338 e. The number of ether oxygens (including phenoxy) is 2. The Morgan fingerprint density at radius 3 is 2.70 bits per heavy atom. The molecular weight excluding hydrogens is 442 g/mol. The molecule has 0 bridgehead atoms. The Bertz CT molecular complexity index is 846. The van der Waals surface area contributed by atoms with E-state index < -0.39 is 28.5 Å². The first kappa shape index (κ1) is 21.3. The molecule has 0 spiro atoms. The molecule has 1 N–H and O–H groups in total. The van der Waals surface area contributed by atoms with Crippen molar-refractivity contribution in [1.82, 2.24) is 9.62 Å². The number of benzene rings is 1. The van der Waals surface area contributed by atoms with E-state index in [1.54, 1.807) is 0 Å². The number of amides is 1. The van der Waals surface area contributed by atoms with E-state index in [4.69, 9.17) is 14.7 Å². The van der Waals surface area contributed by atoms with Gasteiger partial charge in [0.1, 0.15) is 0 Å². The second-order valence-electron chi connectivity index (χ2n) is 5.50. The van der Waals surface area contributed by atoms with Crippen LogP contribution in [0.15, 0.2) is 27.6 Å². The van der Waals surface area contributed by atoms with Crippen LogP contribution in [-0.4, -0.2) is 64.1 Å². The lowest BCUT2D eigenvalue weighted by Crippen LogP contribution is -2.40. The maximum atomic E-state index is 12.8. The molecule has 0 atom stereocenters. The molecule has 11 heteroatoms. The van der Waals surface area contributed by atoms with E-state index >= 15 is 0 Å². The Kier molecular flexibility index (Phi) is 7.73. The van der Waals surface area contributed by atoms with Gasteiger partial charge in [0.05, 0.1) is 36.2 Å². The van der Waals surface area contributed by atoms with Crippen LogP contribution in [0.1, 0.15) is 16.8 Å². The summed E-state index contributed by atoms with van der Waals surface area (Å²) >= 11 is 3.20. The topological polar surface area (TPSA) is 126 Å². The third kappa shape index (κ3) is 5.74. The summed E-state index contributed by atoms with van der Waals surface area (Å²) in [7, 11) is -3.81. The molecule has 1 fully saturated rings. The van der Waals surface area contributed by atoms with Gasteiger partial charge in [-0.15, -0.1) is 0 Å². The van der Waals surface area contributed by atoms with E-state index in [-0.39, 0.29) is 36.5 Å². The van der Waals surface area contributed by atoms with Gasteiger partial charge in [0.25, 0.3) is 5.91 Å². The minimum Gasteiger partial charge on any atom is -0.452 e. The van der Waals surface area contributed by atoms with E-state index in [0.29, 0.717) is 17.7 Å². The zero-order valence-electron chi connectivity index (χ0n) is 14.3. The Labute approximate surface area is 165 Å². The van der Waals surface area contributed by atoms with Crippen molar-refractivity contribution in [3.63, 3.8) is 0 Å². The Balaban J connectivity index is 2.08. The van der Waals surface area contributed by atoms with Crippen LogP contribution in [0.5, 0.6) is 0 Å². The summed E-state index contributed by atoms with van der Waals surface area (Å²) in [6.45, 7) is 0.705. The number of carbonyl (C=O) groups is 2. The molecule has 1 aromatic carbocycles. The molecule has 0 aliphatic carbocycles. The number of nitrogens with one attached hydrogen (secondary N) is 1. The number of morpholine rings is 1. The number of hydrogen-bond donors (Lipinski definition) is 1. The first-order valence-corrected chi connectivity index (χ1v) is 10.3. The van der Waals surface area contributed by atoms with E-state index in [0.717, 1.165) is 0 Å². The van der Waals surface area contributed by atoms with Gasteiger partial charge in [-0.2, -0.15) is 9.57 Å². The van der Waals surface area contributed by atoms with Crippen LogP contribution in [-0.2, 0) is 24.3 Å². The molecule has 1 saturated heterocycles. The molecule has 9 nitrogen and oxygen atoms in total. The number of carbonyl (C=O) groups excluding carboxylic acids is 2. The van der Waals surface area contributed by atoms with Gasteiger partial charge in [0, 0.05) is 24.1 Å². The van der Waals surface area contributed by atoms with E-state index in [9.17, 15) is 18.0 Å². The summed E-state index contributed by atoms with van der Waals surface area (Å²) in [5.74, 6) is -1.37. The molecule has 2 rings (SSSR count). The van der Waals surface area contributed by atoms with Gasteiger partial charge >= 0.3 is 5.97 Å². The van der Waals surface area contributed by atoms with Crippen molar-refractivity contribution in [3.8, 4) is 6.07 Å². The van der Waals surface area contributed by atoms with Gasteiger partial charge in [-0.25, -0.2) is 13.2 Å². The minimum absolute atomic E-state index is 0.00913. The predicted octanol–water partition coefficient (Wildman–Crippen LogP) is 0.657. The zero-order chi connectivity index (χ0) is 19.9. The van der Waals surface area contributed by atoms with Crippen LogP contribution in [0, 0.1) is 11.3 Å². The highest BCUT2D eigenvalue weighted by Crippen LogP contribution is 2.27. The first-order valence-electron chi connectivity index (χ1n) is 8.04. The molecule has 146 valence electrons. The van der Waals surface area contributed by atoms with Gasteiger partial charge in [0.15, 0.2) is 6.61 Å². The van der Waals surface area contributed by atoms with Crippen molar-refractivity contribution < 1.29 is 27.5 Å². The molecule has 1 heterocycles. The summed E-state index contributed by atoms with van der Waals surface area (Å²) in [6.07, 6.45) is 0.148. The standard InChI is InChI=1S/C16H18BrN3O6S/c17-13-3-2-12(16(22)26-11-15(21)19-5-1-4-18)10-14(13)27(23,24)20-6-8-25-9-7-20/h2-3,10H,1,5-9,11H2,(H,19,21). The number of nitrogens with zero attached hydrogens (tertiary/aromatic N) is 2. The number of rotatable bonds is 7. The molecule has 0 radical (unpaired) electrons. The molecule has 1 amide bonds. The fourth-order valence-corrected chi connectivity index (χ4v) is 4.64. The number of hydrogen-bond acceptors (Lipinski definition) is 7. The minimum atomic E-state index is -3.81. The Hall–Kier alpha value is -2.00. The highest BCUT2D eigenvalue weighted by molar-refractivity contribution is 9.10. The Morgan fingerprint density at radius 2 is 2.04 bits per heavy atom. The summed E-state index contributed by atoms with van der Waals surface area (Å²) in [6, 6.07) is 5.93. The monoisotopic (exact) mass is 459 g/mol. The average molecular weight is 460 g/mol. The molecular formula is C16H18BrN3O6S. The van der Waals surface area contributed by atoms with Crippen molar-refractivity contribution in [2.24, 2.45) is 0 Å². The fourth-order valence-electron chi connectivity index (χ4n) is 2.28. The van der Waals surface area contributed by atoms with E-state index in [2.05, 4.69) is 21.2 Å². The largest absolute Gasteiger partial charge is 0.452 e. The van der Waals surface area contributed by atoms with E-state index in [1.165, 1.54) is 22.5 Å². The normalized spacial score (nSPS) is 15.0. The number of halogens is 1. The first-order chi connectivity index (χ1) is 12.9. The second kappa shape index (κ2) is 9.80. The maximum Gasteiger partial charge on any atom is 0.338 e. The third-order valence-electron chi connectivity index (χ3n) is 3.65. The maximum absolute atomic E-state index is 12.8. The van der Waals surface area contributed by atoms with Crippen molar-refractivity contribution in [2.45, 2.75) is 11.3 Å². The summed E-state index contributed by atoms with van der Waals surface area (Å²) in [5, 5.41) is 10.8. The average Bonchev–Trinajstić information content (AvgIpc) is 2.67. The lowest BCUT2D eigenvalue weighted by molar-refractivity contribution is -0.124. The lowest BCUT2D eigenvalue weighted by Gasteiger charge is -2.26. The Morgan fingerprint density at radius 1 is 1.33 bits per heavy atom. The van der Waals surface area contributed by atoms with Crippen LogP contribution < -0.4 is 5.32 Å². The second-order valence-corrected chi connectivity index (χ2v) is 8.26. The summed E-state index contributed by atoms with van der Waals surface area (Å²) in [5.41, 5.74) is 0.00913. The molecule has 27 heavy (non-hydrogen) atoms. The fraction of sp³-hybridized carbons (Fsp3) is 0.438. The lowest BCUT2D eigenvalue weighted by atomic mass is 10.2. The zero-order valence-corrected chi connectivity index (χ0v) is 16.7. The highest BCUT2D eigenvalue weighted by Gasteiger charge is 2.29. The molecule has 0 aromatic heterocycles. The quantitative estimate of drug-likeness (QED) is 0.468. The van der Waals surface area contributed by atoms with Gasteiger partial charge in [-0.3, -0.25) is 4.79 Å². The van der Waals surface area contributed by atoms with Crippen LogP contribution >= 0.6 is 15.9 Å². The highest BCUT2D eigenvalue weighted by atomic mass is 79.9. The summed E-state index contributed by atoms with van der Waals surface area (Å²) < 4.78 is 37.3. The van der Waals surface area contributed by atoms with Gasteiger partial charge in [0.2, 0.25) is 10.0 Å². The van der Waals surface area contributed by atoms with Gasteiger partial charge in [-0.1, -0.05) is 0 Å². The van der Waals surface area contributed by atoms with Crippen molar-refractivity contribution >= 4 is 37.8 Å². The van der Waals surface area contributed by atoms with Crippen LogP contribution in [0.3, 0.4) is 0 Å². The molecule has 0 saturated carbocycles. The van der Waals surface area contributed by atoms with Gasteiger partial charge in [-0.05, 0) is 34.1 Å². The van der Waals surface area contributed by atoms with Crippen molar-refractivity contribution in [1.29, 1.82) is 5.26 Å². The van der Waals surface area contributed by atoms with E-state index in [1.807, 2.05) is 6.07 Å². The van der Waals surface area contributed by atoms with Crippen molar-refractivity contribution in [3.05, 3.63) is 28.2 Å². The third-order valence-corrected chi connectivity index (χ3v) is 6.54. The predicted molar refractivity (Wildman–Crippen MR) is 97.2 cm³/mol. The van der Waals surface area contributed by atoms with Crippen LogP contribution in [0.2, 0.25) is 0 Å². The molecule has 1 aliphatic rings. The number of nitriles is 1. The van der Waals surface area contributed by atoms with Gasteiger partial charge < -0.3 is 14.8 Å². The van der Waals surface area contributed by atoms with Crippen LogP contribution in [0.4, 0.5) is 0 Å².